The van der Waals surface area contributed by atoms with Crippen molar-refractivity contribution in [3.8, 4) is 0 Å². The zero-order chi connectivity index (χ0) is 15.2. The second kappa shape index (κ2) is 7.89. The van der Waals surface area contributed by atoms with E-state index in [9.17, 15) is 14.2 Å². The van der Waals surface area contributed by atoms with E-state index in [1.807, 2.05) is 0 Å². The van der Waals surface area contributed by atoms with E-state index in [0.717, 1.165) is 7.11 Å². The Kier molecular flexibility index (Phi) is 8.00. The van der Waals surface area contributed by atoms with Crippen molar-refractivity contribution in [3.05, 3.63) is 0 Å². The molecule has 0 saturated carbocycles. The highest BCUT2D eigenvalue weighted by atomic mass is 31.2. The number of rotatable bonds is 10. The summed E-state index contributed by atoms with van der Waals surface area (Å²) in [6.07, 6.45) is -0.157. The molecule has 0 bridgehead atoms. The number of hydrogen-bond acceptors (Lipinski definition) is 7. The van der Waals surface area contributed by atoms with Crippen molar-refractivity contribution in [1.82, 2.24) is 0 Å². The van der Waals surface area contributed by atoms with E-state index in [-0.39, 0.29) is 26.2 Å². The van der Waals surface area contributed by atoms with Gasteiger partial charge in [-0.1, -0.05) is 6.92 Å². The molecular formula is C10H24O7P2. The molecule has 0 fully saturated rings. The summed E-state index contributed by atoms with van der Waals surface area (Å²) in [5.41, 5.74) is 0. The third-order valence-corrected chi connectivity index (χ3v) is 8.62. The maximum absolute atomic E-state index is 12.7. The molecule has 0 aliphatic rings. The highest BCUT2D eigenvalue weighted by Crippen LogP contribution is 2.77. The SMILES string of the molecule is CCOP(=O)(OC)C(O)(CC)P(=O)(OCC)OCC. The normalized spacial score (nSPS) is 18.8. The Bertz CT molecular complexity index is 350. The lowest BCUT2D eigenvalue weighted by atomic mass is 10.5. The molecule has 9 heteroatoms. The average Bonchev–Trinajstić information content (AvgIpc) is 2.38. The molecule has 2 atom stereocenters. The van der Waals surface area contributed by atoms with Crippen LogP contribution in [-0.4, -0.2) is 37.1 Å². The Morgan fingerprint density at radius 1 is 0.895 bits per heavy atom. The summed E-state index contributed by atoms with van der Waals surface area (Å²) in [6.45, 7) is 6.40. The quantitative estimate of drug-likeness (QED) is 0.618. The second-order valence-electron chi connectivity index (χ2n) is 3.56. The fraction of sp³-hybridized carbons (Fsp3) is 1.00. The fourth-order valence-electron chi connectivity index (χ4n) is 1.59. The van der Waals surface area contributed by atoms with Crippen LogP contribution in [0, 0.1) is 0 Å². The van der Waals surface area contributed by atoms with E-state index in [1.165, 1.54) is 6.92 Å². The molecule has 0 aromatic heterocycles. The van der Waals surface area contributed by atoms with Crippen molar-refractivity contribution >= 4 is 15.2 Å². The maximum atomic E-state index is 12.7. The van der Waals surface area contributed by atoms with Crippen LogP contribution >= 0.6 is 15.2 Å². The van der Waals surface area contributed by atoms with Gasteiger partial charge in [0.1, 0.15) is 0 Å². The van der Waals surface area contributed by atoms with Gasteiger partial charge in [0.05, 0.1) is 19.8 Å². The molecule has 0 aromatic rings. The van der Waals surface area contributed by atoms with Gasteiger partial charge >= 0.3 is 15.2 Å². The molecule has 7 nitrogen and oxygen atoms in total. The van der Waals surface area contributed by atoms with Crippen molar-refractivity contribution in [2.75, 3.05) is 26.9 Å². The highest BCUT2D eigenvalue weighted by molar-refractivity contribution is 7.73. The summed E-state index contributed by atoms with van der Waals surface area (Å²) >= 11 is 0. The van der Waals surface area contributed by atoms with Crippen LogP contribution in [0.25, 0.3) is 0 Å². The fourth-order valence-corrected chi connectivity index (χ4v) is 6.45. The summed E-state index contributed by atoms with van der Waals surface area (Å²) in [5, 5.41) is 8.30. The smallest absolute Gasteiger partial charge is 0.368 e. The monoisotopic (exact) mass is 318 g/mol. The molecule has 0 heterocycles. The van der Waals surface area contributed by atoms with Crippen LogP contribution in [0.2, 0.25) is 0 Å². The first-order valence-electron chi connectivity index (χ1n) is 6.22. The van der Waals surface area contributed by atoms with Gasteiger partial charge in [-0.2, -0.15) is 0 Å². The molecule has 0 rings (SSSR count). The van der Waals surface area contributed by atoms with Crippen LogP contribution in [0.15, 0.2) is 0 Å². The first kappa shape index (κ1) is 19.3. The summed E-state index contributed by atoms with van der Waals surface area (Å²) in [5.74, 6) is 0. The van der Waals surface area contributed by atoms with Crippen LogP contribution in [0.4, 0.5) is 0 Å². The molecule has 0 radical (unpaired) electrons. The minimum absolute atomic E-state index is 0.0334. The number of hydrogen-bond donors (Lipinski definition) is 1. The van der Waals surface area contributed by atoms with Gasteiger partial charge in [-0.15, -0.1) is 0 Å². The molecule has 0 aliphatic carbocycles. The van der Waals surface area contributed by atoms with E-state index in [4.69, 9.17) is 18.1 Å². The topological polar surface area (TPSA) is 91.3 Å². The van der Waals surface area contributed by atoms with E-state index < -0.39 is 20.3 Å². The average molecular weight is 318 g/mol. The van der Waals surface area contributed by atoms with Crippen LogP contribution in [0.5, 0.6) is 0 Å². The predicted octanol–water partition coefficient (Wildman–Crippen LogP) is 3.18. The molecule has 19 heavy (non-hydrogen) atoms. The zero-order valence-electron chi connectivity index (χ0n) is 12.1. The van der Waals surface area contributed by atoms with Gasteiger partial charge in [0, 0.05) is 7.11 Å². The first-order valence-corrected chi connectivity index (χ1v) is 9.31. The van der Waals surface area contributed by atoms with Crippen molar-refractivity contribution < 1.29 is 32.3 Å². The van der Waals surface area contributed by atoms with E-state index in [1.54, 1.807) is 20.8 Å². The molecule has 0 spiro atoms. The summed E-state index contributed by atoms with van der Waals surface area (Å²) in [7, 11) is -7.00. The van der Waals surface area contributed by atoms with Gasteiger partial charge in [0.15, 0.2) is 0 Å². The lowest BCUT2D eigenvalue weighted by Crippen LogP contribution is -2.32. The lowest BCUT2D eigenvalue weighted by Gasteiger charge is -2.37. The first-order chi connectivity index (χ1) is 8.80. The summed E-state index contributed by atoms with van der Waals surface area (Å²) < 4.78 is 45.3. The summed E-state index contributed by atoms with van der Waals surface area (Å²) in [6, 6.07) is 0. The van der Waals surface area contributed by atoms with Crippen molar-refractivity contribution in [2.24, 2.45) is 0 Å². The van der Waals surface area contributed by atoms with Crippen LogP contribution in [0.3, 0.4) is 0 Å². The standard InChI is InChI=1S/C10H24O7P2/c1-6-10(11,18(12,14-5)15-7-2)19(13,16-8-3)17-9-4/h11H,6-9H2,1-5H3. The molecule has 0 saturated heterocycles. The minimum Gasteiger partial charge on any atom is -0.368 e. The molecule has 0 amide bonds. The Labute approximate surface area is 114 Å². The zero-order valence-corrected chi connectivity index (χ0v) is 13.9. The molecule has 0 aliphatic heterocycles. The Morgan fingerprint density at radius 3 is 1.53 bits per heavy atom. The largest absolute Gasteiger partial charge is 0.374 e. The lowest BCUT2D eigenvalue weighted by molar-refractivity contribution is 0.0852. The Hall–Kier alpha value is 0.260. The second-order valence-corrected chi connectivity index (χ2v) is 8.52. The third-order valence-electron chi connectivity index (χ3n) is 2.49. The van der Waals surface area contributed by atoms with Crippen LogP contribution in [-0.2, 0) is 27.2 Å². The van der Waals surface area contributed by atoms with Crippen molar-refractivity contribution in [3.63, 3.8) is 0 Å². The van der Waals surface area contributed by atoms with E-state index >= 15 is 0 Å². The van der Waals surface area contributed by atoms with Gasteiger partial charge in [-0.25, -0.2) is 0 Å². The Balaban J connectivity index is 5.77. The van der Waals surface area contributed by atoms with Crippen LogP contribution in [0.1, 0.15) is 34.1 Å². The van der Waals surface area contributed by atoms with E-state index in [0.29, 0.717) is 0 Å². The predicted molar refractivity (Wildman–Crippen MR) is 72.3 cm³/mol. The third kappa shape index (κ3) is 3.67. The summed E-state index contributed by atoms with van der Waals surface area (Å²) in [4.78, 5) is 0. The highest BCUT2D eigenvalue weighted by Gasteiger charge is 2.63. The molecule has 0 aromatic carbocycles. The van der Waals surface area contributed by atoms with Crippen molar-refractivity contribution in [1.29, 1.82) is 0 Å². The maximum Gasteiger partial charge on any atom is 0.374 e. The van der Waals surface area contributed by atoms with Gasteiger partial charge < -0.3 is 23.2 Å². The molecule has 116 valence electrons. The van der Waals surface area contributed by atoms with Crippen molar-refractivity contribution in [2.45, 2.75) is 39.2 Å². The van der Waals surface area contributed by atoms with Gasteiger partial charge in [-0.05, 0) is 27.2 Å². The van der Waals surface area contributed by atoms with Gasteiger partial charge in [-0.3, -0.25) is 9.13 Å². The molecule has 1 N–H and O–H groups in total. The van der Waals surface area contributed by atoms with Gasteiger partial charge in [0.25, 0.3) is 5.08 Å². The molecule has 2 unspecified atom stereocenters. The number of aliphatic hydroxyl groups is 1. The van der Waals surface area contributed by atoms with E-state index in [2.05, 4.69) is 0 Å². The van der Waals surface area contributed by atoms with Gasteiger partial charge in [0.2, 0.25) is 0 Å². The molecular weight excluding hydrogens is 294 g/mol. The van der Waals surface area contributed by atoms with Crippen LogP contribution < -0.4 is 0 Å². The Morgan fingerprint density at radius 2 is 1.26 bits per heavy atom. The minimum atomic E-state index is -4.07.